The number of hydrogen-bond donors (Lipinski definition) is 0. The predicted octanol–water partition coefficient (Wildman–Crippen LogP) is -5.32. The standard InChI is InChI=1S/Ba.Ca.Mn.6O.2Ti.Zr.4H/q2*+2;;;;4*-1;;;+4;4*-1. The molecule has 12 heavy (non-hydrogen) atoms. The zero-order valence-electron chi connectivity index (χ0n) is 9.74. The van der Waals surface area contributed by atoms with Gasteiger partial charge in [-0.15, -0.1) is 0 Å². The van der Waals surface area contributed by atoms with E-state index >= 15 is 0 Å². The van der Waals surface area contributed by atoms with Gasteiger partial charge in [0.05, 0.1) is 0 Å². The van der Waals surface area contributed by atoms with E-state index in [-0.39, 0.29) is 136 Å². The molecule has 0 unspecified atom stereocenters. The summed E-state index contributed by atoms with van der Waals surface area (Å²) in [7, 11) is 0. The van der Waals surface area contributed by atoms with Crippen molar-refractivity contribution >= 4 is 86.6 Å². The van der Waals surface area contributed by atoms with Crippen molar-refractivity contribution in [3.63, 3.8) is 0 Å². The summed E-state index contributed by atoms with van der Waals surface area (Å²) in [5.74, 6) is 0. The van der Waals surface area contributed by atoms with Crippen LogP contribution in [0, 0.1) is 0 Å². The van der Waals surface area contributed by atoms with Crippen molar-refractivity contribution in [1.29, 1.82) is 0 Å². The van der Waals surface area contributed by atoms with Crippen LogP contribution >= 0.6 is 0 Å². The minimum Gasteiger partial charge on any atom is 4.00 e. The first-order valence-corrected chi connectivity index (χ1v) is 5.05. The maximum atomic E-state index is 8.58. The van der Waals surface area contributed by atoms with E-state index in [2.05, 4.69) is 0 Å². The predicted molar refractivity (Wildman–Crippen MR) is 17.3 cm³/mol. The van der Waals surface area contributed by atoms with Gasteiger partial charge in [-0.3, -0.25) is 0 Å². The van der Waals surface area contributed by atoms with E-state index < -0.39 is 37.2 Å². The Morgan fingerprint density at radius 1 is 0.917 bits per heavy atom. The third kappa shape index (κ3) is 115. The molecule has 0 saturated carbocycles. The van der Waals surface area contributed by atoms with Gasteiger partial charge in [-0.1, -0.05) is 0 Å². The zero-order valence-corrected chi connectivity index (χ0v) is 19.2. The molecule has 0 rings (SSSR count). The van der Waals surface area contributed by atoms with Crippen LogP contribution in [0.5, 0.6) is 0 Å². The molecule has 0 spiro atoms. The van der Waals surface area contributed by atoms with Crippen molar-refractivity contribution < 1.29 is 108 Å². The van der Waals surface area contributed by atoms with E-state index in [0.29, 0.717) is 0 Å². The summed E-state index contributed by atoms with van der Waals surface area (Å²) in [6, 6.07) is 0. The first-order chi connectivity index (χ1) is 3.46. The molecule has 63 valence electrons. The molecule has 0 fully saturated rings. The van der Waals surface area contributed by atoms with Gasteiger partial charge in [-0.05, 0) is 0 Å². The molecule has 0 atom stereocenters. The summed E-state index contributed by atoms with van der Waals surface area (Å²) in [6.07, 6.45) is 0. The van der Waals surface area contributed by atoms with Gasteiger partial charge in [0.25, 0.3) is 0 Å². The molecule has 6 nitrogen and oxygen atoms in total. The first-order valence-electron chi connectivity index (χ1n) is 1.22. The van der Waals surface area contributed by atoms with Crippen LogP contribution in [0.2, 0.25) is 0 Å². The molecule has 0 amide bonds. The average molecular weight is 519 g/mol. The van der Waals surface area contributed by atoms with Crippen LogP contribution < -0.4 is 14.8 Å². The van der Waals surface area contributed by atoms with Gasteiger partial charge in [-0.2, -0.15) is 0 Å². The average Bonchev–Trinajstić information content (AvgIpc) is 1.25. The van der Waals surface area contributed by atoms with Crippen molar-refractivity contribution in [1.82, 2.24) is 0 Å². The Hall–Kier alpha value is 5.10. The zero-order chi connectivity index (χ0) is 7.15. The largest absolute Gasteiger partial charge is 4.00 e. The van der Waals surface area contributed by atoms with Crippen molar-refractivity contribution in [2.75, 3.05) is 0 Å². The minimum absolute atomic E-state index is 0. The molecular weight excluding hydrogens is 515 g/mol. The maximum absolute atomic E-state index is 8.58. The normalized spacial score (nSPS) is 4.33. The summed E-state index contributed by atoms with van der Waals surface area (Å²) in [4.78, 5) is 0. The Balaban J connectivity index is -0.00000000375. The second kappa shape index (κ2) is 29.8. The van der Waals surface area contributed by atoms with Gasteiger partial charge in [0, 0.05) is 17.1 Å². The van der Waals surface area contributed by atoms with Crippen LogP contribution in [0.25, 0.3) is 0 Å². The van der Waals surface area contributed by atoms with E-state index in [0.717, 1.165) is 0 Å². The minimum atomic E-state index is -4.08. The fourth-order valence-electron chi connectivity index (χ4n) is 0. The Labute approximate surface area is 189 Å². The Kier molecular flexibility index (Phi) is 89.3. The fraction of sp³-hybridized carbons (Fsp3) is 0. The van der Waals surface area contributed by atoms with E-state index in [4.69, 9.17) is 21.4 Å². The summed E-state index contributed by atoms with van der Waals surface area (Å²) in [5.41, 5.74) is 0. The third-order valence-corrected chi connectivity index (χ3v) is 0. The van der Waals surface area contributed by atoms with Crippen LogP contribution in [0.15, 0.2) is 0 Å². The van der Waals surface area contributed by atoms with E-state index in [1.54, 1.807) is 0 Å². The summed E-state index contributed by atoms with van der Waals surface area (Å²) < 4.78 is 51.5. The van der Waals surface area contributed by atoms with Gasteiger partial charge >= 0.3 is 171 Å². The van der Waals surface area contributed by atoms with Crippen molar-refractivity contribution in [3.8, 4) is 0 Å². The monoisotopic (exact) mass is 519 g/mol. The van der Waals surface area contributed by atoms with Crippen LogP contribution in [-0.4, -0.2) is 86.6 Å². The van der Waals surface area contributed by atoms with E-state index in [1.165, 1.54) is 0 Å². The van der Waals surface area contributed by atoms with E-state index in [9.17, 15) is 0 Å². The van der Waals surface area contributed by atoms with Gasteiger partial charge < -0.3 is 5.71 Å². The smallest absolute Gasteiger partial charge is 4.00 e. The Morgan fingerprint density at radius 2 is 0.917 bits per heavy atom. The summed E-state index contributed by atoms with van der Waals surface area (Å²) in [5, 5.41) is 0. The molecule has 0 bridgehead atoms. The molecule has 0 N–H and O–H groups in total. The maximum Gasteiger partial charge on any atom is 4.00 e. The second-order valence-corrected chi connectivity index (χ2v) is 2.06. The van der Waals surface area contributed by atoms with Crippen LogP contribution in [0.3, 0.4) is 0 Å². The topological polar surface area (TPSA) is 126 Å². The third-order valence-electron chi connectivity index (χ3n) is 0. The SMILES string of the molecule is [Ba+2].[Ca+2].[H-].[H-].[H-].[H-].[Mn].[O]=[Ti]([O-])[O-].[O]=[Ti]([O-])[O-].[Zr+4]. The Bertz CT molecular complexity index is 96.5. The molecule has 0 aromatic heterocycles. The molecule has 1 radical (unpaired) electrons. The fourth-order valence-corrected chi connectivity index (χ4v) is 0. The van der Waals surface area contributed by atoms with Crippen LogP contribution in [0.1, 0.15) is 5.71 Å². The molecule has 0 aliphatic carbocycles. The summed E-state index contributed by atoms with van der Waals surface area (Å²) >= 11 is -8.17. The van der Waals surface area contributed by atoms with Gasteiger partial charge in [0.1, 0.15) is 0 Å². The van der Waals surface area contributed by atoms with Crippen LogP contribution in [-0.2, 0) is 87.2 Å². The van der Waals surface area contributed by atoms with Crippen molar-refractivity contribution in [2.24, 2.45) is 0 Å². The molecule has 0 heterocycles. The van der Waals surface area contributed by atoms with Crippen LogP contribution in [0.4, 0.5) is 0 Å². The quantitative estimate of drug-likeness (QED) is 0.295. The molecular formula is H4BaCaMnO6Ti2Zr. The van der Waals surface area contributed by atoms with Gasteiger partial charge in [-0.25, -0.2) is 0 Å². The molecule has 0 aliphatic heterocycles. The molecule has 0 saturated heterocycles. The summed E-state index contributed by atoms with van der Waals surface area (Å²) in [6.45, 7) is 0. The molecule has 12 heteroatoms. The second-order valence-electron chi connectivity index (χ2n) is 0.500. The number of hydrogen-bond acceptors (Lipinski definition) is 6. The van der Waals surface area contributed by atoms with E-state index in [1.807, 2.05) is 0 Å². The first kappa shape index (κ1) is 36.0. The molecule has 0 aromatic rings. The molecule has 0 aromatic carbocycles. The van der Waals surface area contributed by atoms with Crippen molar-refractivity contribution in [3.05, 3.63) is 0 Å². The number of rotatable bonds is 0. The Morgan fingerprint density at radius 3 is 0.917 bits per heavy atom. The van der Waals surface area contributed by atoms with Gasteiger partial charge in [0.15, 0.2) is 0 Å². The molecule has 0 aliphatic rings. The van der Waals surface area contributed by atoms with Gasteiger partial charge in [0.2, 0.25) is 0 Å². The van der Waals surface area contributed by atoms with Crippen molar-refractivity contribution in [2.45, 2.75) is 0 Å².